The van der Waals surface area contributed by atoms with E-state index in [4.69, 9.17) is 0 Å². The zero-order valence-electron chi connectivity index (χ0n) is 10.7. The van der Waals surface area contributed by atoms with Crippen LogP contribution in [0.2, 0.25) is 0 Å². The summed E-state index contributed by atoms with van der Waals surface area (Å²) in [4.78, 5) is -0.467. The third-order valence-electron chi connectivity index (χ3n) is 2.65. The lowest BCUT2D eigenvalue weighted by Gasteiger charge is -2.12. The molecule has 22 heavy (non-hydrogen) atoms. The molecule has 0 aromatic heterocycles. The van der Waals surface area contributed by atoms with E-state index in [0.717, 1.165) is 16.6 Å². The largest absolute Gasteiger partial charge is 0.417 e. The van der Waals surface area contributed by atoms with Crippen molar-refractivity contribution in [3.8, 4) is 0 Å². The van der Waals surface area contributed by atoms with E-state index >= 15 is 0 Å². The topological polar surface area (TPSA) is 46.2 Å². The van der Waals surface area contributed by atoms with Crippen molar-refractivity contribution < 1.29 is 21.6 Å². The lowest BCUT2D eigenvalue weighted by molar-refractivity contribution is -0.138. The normalized spacial score (nSPS) is 12.2. The van der Waals surface area contributed by atoms with Gasteiger partial charge in [-0.15, -0.1) is 0 Å². The summed E-state index contributed by atoms with van der Waals surface area (Å²) < 4.78 is 65.6. The fourth-order valence-electron chi connectivity index (χ4n) is 1.62. The van der Waals surface area contributed by atoms with Gasteiger partial charge in [-0.3, -0.25) is 4.72 Å². The Kier molecular flexibility index (Phi) is 4.88. The third kappa shape index (κ3) is 4.02. The Labute approximate surface area is 141 Å². The van der Waals surface area contributed by atoms with Gasteiger partial charge in [0.05, 0.1) is 10.5 Å². The lowest BCUT2D eigenvalue weighted by atomic mass is 10.2. The van der Waals surface area contributed by atoms with E-state index < -0.39 is 26.7 Å². The molecule has 0 atom stereocenters. The highest BCUT2D eigenvalue weighted by Crippen LogP contribution is 2.36. The summed E-state index contributed by atoms with van der Waals surface area (Å²) >= 11 is 5.97. The Bertz CT molecular complexity index is 790. The highest BCUT2D eigenvalue weighted by atomic mass is 79.9. The maximum absolute atomic E-state index is 12.8. The van der Waals surface area contributed by atoms with Gasteiger partial charge in [0.25, 0.3) is 10.0 Å². The molecule has 0 spiro atoms. The molecule has 2 aromatic rings. The van der Waals surface area contributed by atoms with Gasteiger partial charge in [-0.05, 0) is 42.5 Å². The highest BCUT2D eigenvalue weighted by molar-refractivity contribution is 9.10. The summed E-state index contributed by atoms with van der Waals surface area (Å²) in [6.45, 7) is 0. The number of sulfonamides is 1. The molecule has 3 nitrogen and oxygen atoms in total. The maximum Gasteiger partial charge on any atom is 0.417 e. The summed E-state index contributed by atoms with van der Waals surface area (Å²) in [5, 5.41) is 0. The molecule has 0 saturated heterocycles. The van der Waals surface area contributed by atoms with Crippen LogP contribution in [-0.4, -0.2) is 8.42 Å². The Morgan fingerprint density at radius 2 is 1.55 bits per heavy atom. The minimum atomic E-state index is -4.65. The molecule has 0 radical (unpaired) electrons. The van der Waals surface area contributed by atoms with Gasteiger partial charge in [0, 0.05) is 14.6 Å². The van der Waals surface area contributed by atoms with Crippen LogP contribution in [0.3, 0.4) is 0 Å². The molecule has 1 N–H and O–H groups in total. The van der Waals surface area contributed by atoms with E-state index in [9.17, 15) is 21.6 Å². The van der Waals surface area contributed by atoms with E-state index in [1.54, 1.807) is 12.1 Å². The van der Waals surface area contributed by atoms with Crippen molar-refractivity contribution in [2.75, 3.05) is 4.72 Å². The van der Waals surface area contributed by atoms with Crippen LogP contribution in [0, 0.1) is 0 Å². The summed E-state index contributed by atoms with van der Waals surface area (Å²) in [5.74, 6) is 0. The molecule has 0 bridgehead atoms. The van der Waals surface area contributed by atoms with Gasteiger partial charge in [-0.1, -0.05) is 31.9 Å². The van der Waals surface area contributed by atoms with Crippen LogP contribution in [-0.2, 0) is 16.2 Å². The maximum atomic E-state index is 12.8. The van der Waals surface area contributed by atoms with E-state index in [1.165, 1.54) is 12.1 Å². The molecule has 0 heterocycles. The SMILES string of the molecule is O=S(=O)(Nc1ccc(Br)cc1)c1ccc(Br)c(C(F)(F)F)c1. The fourth-order valence-corrected chi connectivity index (χ4v) is 3.44. The quantitative estimate of drug-likeness (QED) is 0.700. The van der Waals surface area contributed by atoms with Crippen LogP contribution in [0.15, 0.2) is 56.3 Å². The van der Waals surface area contributed by atoms with Crippen molar-refractivity contribution in [1.29, 1.82) is 0 Å². The first-order valence-corrected chi connectivity index (χ1v) is 8.82. The molecule has 0 amide bonds. The molecule has 0 saturated carbocycles. The number of anilines is 1. The average molecular weight is 459 g/mol. The van der Waals surface area contributed by atoms with Gasteiger partial charge < -0.3 is 0 Å². The van der Waals surface area contributed by atoms with Crippen LogP contribution in [0.25, 0.3) is 0 Å². The lowest BCUT2D eigenvalue weighted by Crippen LogP contribution is -2.15. The first-order chi connectivity index (χ1) is 10.1. The first kappa shape index (κ1) is 17.3. The Hall–Kier alpha value is -1.06. The average Bonchev–Trinajstić information content (AvgIpc) is 2.40. The zero-order valence-corrected chi connectivity index (χ0v) is 14.6. The number of alkyl halides is 3. The van der Waals surface area contributed by atoms with Gasteiger partial charge in [0.15, 0.2) is 0 Å². The molecule has 0 unspecified atom stereocenters. The Balaban J connectivity index is 2.39. The molecular formula is C13H8Br2F3NO2S. The van der Waals surface area contributed by atoms with E-state index in [-0.39, 0.29) is 10.2 Å². The molecule has 0 aliphatic heterocycles. The van der Waals surface area contributed by atoms with Gasteiger partial charge in [0.2, 0.25) is 0 Å². The Morgan fingerprint density at radius 1 is 0.955 bits per heavy atom. The molecular weight excluding hydrogens is 451 g/mol. The number of hydrogen-bond acceptors (Lipinski definition) is 2. The molecule has 2 aromatic carbocycles. The summed E-state index contributed by atoms with van der Waals surface area (Å²) in [7, 11) is -4.11. The van der Waals surface area contributed by atoms with Crippen molar-refractivity contribution >= 4 is 47.6 Å². The minimum absolute atomic E-state index is 0.220. The molecule has 0 fully saturated rings. The van der Waals surface area contributed by atoms with Gasteiger partial charge in [-0.2, -0.15) is 13.2 Å². The highest BCUT2D eigenvalue weighted by Gasteiger charge is 2.34. The second-order valence-electron chi connectivity index (χ2n) is 4.25. The van der Waals surface area contributed by atoms with Crippen LogP contribution in [0.5, 0.6) is 0 Å². The minimum Gasteiger partial charge on any atom is -0.280 e. The summed E-state index contributed by atoms with van der Waals surface area (Å²) in [5.41, 5.74) is -0.800. The number of halogens is 5. The Morgan fingerprint density at radius 3 is 2.09 bits per heavy atom. The van der Waals surface area contributed by atoms with Crippen LogP contribution < -0.4 is 4.72 Å². The first-order valence-electron chi connectivity index (χ1n) is 5.75. The zero-order chi connectivity index (χ0) is 16.5. The number of nitrogens with one attached hydrogen (secondary N) is 1. The van der Waals surface area contributed by atoms with Crippen molar-refractivity contribution in [2.24, 2.45) is 0 Å². The van der Waals surface area contributed by atoms with Gasteiger partial charge in [-0.25, -0.2) is 8.42 Å². The molecule has 2 rings (SSSR count). The second-order valence-corrected chi connectivity index (χ2v) is 7.70. The number of hydrogen-bond donors (Lipinski definition) is 1. The van der Waals surface area contributed by atoms with Crippen molar-refractivity contribution in [3.05, 3.63) is 57.0 Å². The smallest absolute Gasteiger partial charge is 0.280 e. The van der Waals surface area contributed by atoms with E-state index in [2.05, 4.69) is 36.6 Å². The predicted molar refractivity (Wildman–Crippen MR) is 84.1 cm³/mol. The van der Waals surface area contributed by atoms with Crippen molar-refractivity contribution in [3.63, 3.8) is 0 Å². The standard InChI is InChI=1S/C13H8Br2F3NO2S/c14-8-1-3-9(4-2-8)19-22(20,21)10-5-6-12(15)11(7-10)13(16,17)18/h1-7,19H. The van der Waals surface area contributed by atoms with Gasteiger partial charge >= 0.3 is 6.18 Å². The summed E-state index contributed by atoms with van der Waals surface area (Å²) in [6, 6.07) is 8.95. The molecule has 0 aliphatic carbocycles. The monoisotopic (exact) mass is 457 g/mol. The number of rotatable bonds is 3. The molecule has 9 heteroatoms. The van der Waals surface area contributed by atoms with Crippen LogP contribution in [0.4, 0.5) is 18.9 Å². The fraction of sp³-hybridized carbons (Fsp3) is 0.0769. The van der Waals surface area contributed by atoms with E-state index in [0.29, 0.717) is 6.07 Å². The van der Waals surface area contributed by atoms with Crippen LogP contribution >= 0.6 is 31.9 Å². The predicted octanol–water partition coefficient (Wildman–Crippen LogP) is 5.03. The number of benzene rings is 2. The van der Waals surface area contributed by atoms with Crippen molar-refractivity contribution in [1.82, 2.24) is 0 Å². The third-order valence-corrected chi connectivity index (χ3v) is 5.25. The van der Waals surface area contributed by atoms with Crippen molar-refractivity contribution in [2.45, 2.75) is 11.1 Å². The summed E-state index contributed by atoms with van der Waals surface area (Å²) in [6.07, 6.45) is -4.65. The second kappa shape index (κ2) is 6.21. The van der Waals surface area contributed by atoms with Crippen LogP contribution in [0.1, 0.15) is 5.56 Å². The van der Waals surface area contributed by atoms with Gasteiger partial charge in [0.1, 0.15) is 0 Å². The molecule has 118 valence electrons. The molecule has 0 aliphatic rings. The van der Waals surface area contributed by atoms with E-state index in [1.807, 2.05) is 0 Å².